The fourth-order valence-corrected chi connectivity index (χ4v) is 3.89. The molecule has 1 unspecified atom stereocenters. The van der Waals surface area contributed by atoms with Crippen LogP contribution in [0.4, 0.5) is 0 Å². The van der Waals surface area contributed by atoms with Gasteiger partial charge in [-0.3, -0.25) is 4.79 Å². The van der Waals surface area contributed by atoms with E-state index in [1.165, 1.54) is 19.2 Å². The first-order valence-electron chi connectivity index (χ1n) is 12.4. The van der Waals surface area contributed by atoms with Gasteiger partial charge in [-0.15, -0.1) is 0 Å². The van der Waals surface area contributed by atoms with E-state index in [0.29, 0.717) is 12.2 Å². The van der Waals surface area contributed by atoms with Gasteiger partial charge in [0.15, 0.2) is 12.6 Å². The summed E-state index contributed by atoms with van der Waals surface area (Å²) in [4.78, 5) is 12.5. The highest BCUT2D eigenvalue weighted by molar-refractivity contribution is 6.02. The second-order valence-electron chi connectivity index (χ2n) is 8.61. The molecule has 0 bridgehead atoms. The molecule has 0 saturated heterocycles. The number of aliphatic hydroxyl groups is 1. The molecule has 34 heavy (non-hydrogen) atoms. The van der Waals surface area contributed by atoms with Gasteiger partial charge in [0.25, 0.3) is 0 Å². The zero-order valence-corrected chi connectivity index (χ0v) is 20.6. The summed E-state index contributed by atoms with van der Waals surface area (Å²) in [6, 6.07) is 2.85. The molecule has 0 radical (unpaired) electrons. The lowest BCUT2D eigenvalue weighted by Crippen LogP contribution is -2.41. The van der Waals surface area contributed by atoms with E-state index in [1.807, 2.05) is 0 Å². The first kappa shape index (κ1) is 27.7. The molecule has 2 rings (SSSR count). The summed E-state index contributed by atoms with van der Waals surface area (Å²) in [5.74, 6) is -1.66. The van der Waals surface area contributed by atoms with Crippen LogP contribution in [0.25, 0.3) is 0 Å². The highest BCUT2D eigenvalue weighted by atomic mass is 16.7. The molecule has 1 aliphatic rings. The number of hydrogen-bond acceptors (Lipinski definition) is 6. The number of rotatable bonds is 16. The Bertz CT molecular complexity index is 842. The zero-order valence-electron chi connectivity index (χ0n) is 20.6. The molecule has 1 aromatic rings. The highest BCUT2D eigenvalue weighted by Crippen LogP contribution is 2.41. The van der Waals surface area contributed by atoms with Crippen molar-refractivity contribution in [1.82, 2.24) is 0 Å². The van der Waals surface area contributed by atoms with Gasteiger partial charge in [-0.2, -0.15) is 0 Å². The Balaban J connectivity index is 1.65. The normalized spacial score (nSPS) is 18.1. The lowest BCUT2D eigenvalue weighted by Gasteiger charge is -2.33. The number of phenolic OH excluding ortho intramolecular Hbond substituents is 1. The molecule has 1 aliphatic heterocycles. The van der Waals surface area contributed by atoms with Gasteiger partial charge >= 0.3 is 0 Å². The zero-order chi connectivity index (χ0) is 24.7. The molecule has 0 saturated carbocycles. The number of carbonyl (C=O) groups excluding carboxylic acids is 1. The topological polar surface area (TPSA) is 85.2 Å². The van der Waals surface area contributed by atoms with Crippen molar-refractivity contribution in [2.24, 2.45) is 0 Å². The van der Waals surface area contributed by atoms with Crippen molar-refractivity contribution in [3.8, 4) is 17.2 Å². The molecule has 1 heterocycles. The van der Waals surface area contributed by atoms with Crippen LogP contribution in [0.1, 0.15) is 87.9 Å². The van der Waals surface area contributed by atoms with E-state index in [4.69, 9.17) is 14.2 Å². The van der Waals surface area contributed by atoms with Crippen LogP contribution in [0.15, 0.2) is 48.6 Å². The molecule has 0 aliphatic carbocycles. The summed E-state index contributed by atoms with van der Waals surface area (Å²) in [6.45, 7) is 2.14. The Morgan fingerprint density at radius 2 is 1.68 bits per heavy atom. The van der Waals surface area contributed by atoms with Crippen molar-refractivity contribution >= 4 is 5.78 Å². The summed E-state index contributed by atoms with van der Waals surface area (Å²) in [7, 11) is 1.49. The maximum Gasteiger partial charge on any atom is 0.215 e. The van der Waals surface area contributed by atoms with E-state index in [2.05, 4.69) is 43.4 Å². The maximum atomic E-state index is 12.5. The average Bonchev–Trinajstić information content (AvgIpc) is 2.79. The first-order chi connectivity index (χ1) is 16.5. The molecule has 0 amide bonds. The number of allylic oxidation sites excluding steroid dienone is 6. The fraction of sp³-hybridized carbons (Fsp3) is 0.536. The maximum absolute atomic E-state index is 12.5. The smallest absolute Gasteiger partial charge is 0.215 e. The summed E-state index contributed by atoms with van der Waals surface area (Å²) >= 11 is 0. The Hall–Kier alpha value is -2.57. The molecule has 0 spiro atoms. The number of aromatic hydroxyl groups is 1. The minimum absolute atomic E-state index is 0.000220. The van der Waals surface area contributed by atoms with E-state index < -0.39 is 5.79 Å². The lowest BCUT2D eigenvalue weighted by atomic mass is 9.93. The van der Waals surface area contributed by atoms with Crippen molar-refractivity contribution in [3.05, 3.63) is 54.2 Å². The average molecular weight is 473 g/mol. The Morgan fingerprint density at radius 1 is 1.00 bits per heavy atom. The van der Waals surface area contributed by atoms with E-state index in [9.17, 15) is 15.0 Å². The monoisotopic (exact) mass is 472 g/mol. The van der Waals surface area contributed by atoms with Gasteiger partial charge in [-0.25, -0.2) is 0 Å². The van der Waals surface area contributed by atoms with E-state index >= 15 is 0 Å². The van der Waals surface area contributed by atoms with Crippen LogP contribution in [0.5, 0.6) is 17.2 Å². The van der Waals surface area contributed by atoms with Crippen molar-refractivity contribution in [3.63, 3.8) is 0 Å². The number of hydrogen-bond donors (Lipinski definition) is 2. The second-order valence-corrected chi connectivity index (χ2v) is 8.61. The molecule has 6 nitrogen and oxygen atoms in total. The van der Waals surface area contributed by atoms with Crippen LogP contribution in [0.2, 0.25) is 0 Å². The van der Waals surface area contributed by atoms with E-state index in [0.717, 1.165) is 57.8 Å². The molecule has 0 aromatic heterocycles. The van der Waals surface area contributed by atoms with Gasteiger partial charge in [0.05, 0.1) is 6.42 Å². The van der Waals surface area contributed by atoms with Crippen LogP contribution in [0.3, 0.4) is 0 Å². The summed E-state index contributed by atoms with van der Waals surface area (Å²) in [6.07, 6.45) is 22.7. The number of methoxy groups -OCH3 is 1. The Kier molecular flexibility index (Phi) is 12.5. The van der Waals surface area contributed by atoms with Crippen LogP contribution >= 0.6 is 0 Å². The van der Waals surface area contributed by atoms with Gasteiger partial charge in [-0.05, 0) is 38.5 Å². The molecular weight excluding hydrogens is 432 g/mol. The molecule has 188 valence electrons. The van der Waals surface area contributed by atoms with Gasteiger partial charge in [0.1, 0.15) is 22.8 Å². The molecule has 1 atom stereocenters. The quantitative estimate of drug-likeness (QED) is 0.160. The van der Waals surface area contributed by atoms with Gasteiger partial charge in [0.2, 0.25) is 5.79 Å². The molecule has 6 heteroatoms. The lowest BCUT2D eigenvalue weighted by molar-refractivity contribution is -0.145. The second kappa shape index (κ2) is 15.4. The third-order valence-electron chi connectivity index (χ3n) is 5.63. The first-order valence-corrected chi connectivity index (χ1v) is 12.4. The van der Waals surface area contributed by atoms with Gasteiger partial charge < -0.3 is 24.4 Å². The number of carbonyl (C=O) groups is 1. The van der Waals surface area contributed by atoms with Crippen LogP contribution in [-0.4, -0.2) is 35.7 Å². The third-order valence-corrected chi connectivity index (χ3v) is 5.63. The molecule has 0 fully saturated rings. The number of Topliss-reactive ketones (excluding diaryl/α,β-unsaturated/α-hetero) is 1. The van der Waals surface area contributed by atoms with Crippen molar-refractivity contribution < 1.29 is 29.2 Å². The van der Waals surface area contributed by atoms with Crippen LogP contribution in [-0.2, 0) is 4.74 Å². The van der Waals surface area contributed by atoms with Crippen LogP contribution < -0.4 is 9.47 Å². The highest BCUT2D eigenvalue weighted by Gasteiger charge is 2.40. The van der Waals surface area contributed by atoms with Crippen molar-refractivity contribution in [2.45, 2.75) is 83.3 Å². The van der Waals surface area contributed by atoms with Crippen LogP contribution in [0, 0.1) is 0 Å². The van der Waals surface area contributed by atoms with Crippen molar-refractivity contribution in [2.75, 3.05) is 13.9 Å². The number of unbranched alkanes of at least 4 members (excludes halogenated alkanes) is 5. The predicted octanol–water partition coefficient (Wildman–Crippen LogP) is 6.62. The fourth-order valence-electron chi connectivity index (χ4n) is 3.89. The number of phenols is 1. The van der Waals surface area contributed by atoms with E-state index in [1.54, 1.807) is 0 Å². The number of fused-ring (bicyclic) bond motifs is 1. The van der Waals surface area contributed by atoms with E-state index in [-0.39, 0.29) is 36.1 Å². The third kappa shape index (κ3) is 9.74. The predicted molar refractivity (Wildman–Crippen MR) is 134 cm³/mol. The summed E-state index contributed by atoms with van der Waals surface area (Å²) in [5.41, 5.74) is 0.0892. The number of ether oxygens (including phenoxy) is 3. The SMILES string of the molecule is CC/C=C\C/C=C\C/C=C\CCCCCCCC1(O)CC(=O)c2c(O)cc(OCOC)cc2O1. The largest absolute Gasteiger partial charge is 0.507 e. The summed E-state index contributed by atoms with van der Waals surface area (Å²) in [5, 5.41) is 21.0. The Labute approximate surface area is 203 Å². The number of benzene rings is 1. The molecule has 1 aromatic carbocycles. The molecular formula is C28H40O6. The standard InChI is InChI=1S/C28H40O6/c1-3-4-5-6-7-8-9-10-11-12-13-14-15-16-17-18-28(31)21-25(30)27-24(29)19-23(33-22-32-2)20-26(27)34-28/h4-5,7-8,10-11,19-20,29,31H,3,6,9,12-18,21-22H2,1-2H3/b5-4-,8-7-,11-10-. The Morgan fingerprint density at radius 3 is 2.41 bits per heavy atom. The number of ketones is 1. The summed E-state index contributed by atoms with van der Waals surface area (Å²) < 4.78 is 15.9. The molecule has 2 N–H and O–H groups in total. The van der Waals surface area contributed by atoms with Gasteiger partial charge in [-0.1, -0.05) is 62.6 Å². The minimum Gasteiger partial charge on any atom is -0.507 e. The minimum atomic E-state index is -1.56. The van der Waals surface area contributed by atoms with Gasteiger partial charge in [0, 0.05) is 25.7 Å². The van der Waals surface area contributed by atoms with Crippen molar-refractivity contribution in [1.29, 1.82) is 0 Å².